The molecule has 2 heterocycles. The number of hydrogen-bond acceptors (Lipinski definition) is 5. The van der Waals surface area contributed by atoms with Crippen molar-refractivity contribution in [2.45, 2.75) is 18.6 Å². The third kappa shape index (κ3) is 4.60. The maximum atomic E-state index is 12.1. The molecule has 0 spiro atoms. The zero-order valence-corrected chi connectivity index (χ0v) is 14.5. The van der Waals surface area contributed by atoms with Crippen molar-refractivity contribution in [3.63, 3.8) is 0 Å². The van der Waals surface area contributed by atoms with Gasteiger partial charge in [-0.1, -0.05) is 11.8 Å². The van der Waals surface area contributed by atoms with Gasteiger partial charge in [0.25, 0.3) is 0 Å². The van der Waals surface area contributed by atoms with Crippen LogP contribution in [0.4, 0.5) is 5.69 Å². The van der Waals surface area contributed by atoms with Crippen LogP contribution in [-0.4, -0.2) is 27.0 Å². The first kappa shape index (κ1) is 17.0. The van der Waals surface area contributed by atoms with Crippen LogP contribution in [0.3, 0.4) is 0 Å². The molecule has 25 heavy (non-hydrogen) atoms. The number of nitrogens with zero attached hydrogens (tertiary/aromatic N) is 2. The Morgan fingerprint density at radius 2 is 2.04 bits per heavy atom. The van der Waals surface area contributed by atoms with Gasteiger partial charge in [0.2, 0.25) is 5.91 Å². The van der Waals surface area contributed by atoms with Gasteiger partial charge in [-0.15, -0.1) is 0 Å². The fourth-order valence-corrected chi connectivity index (χ4v) is 3.00. The van der Waals surface area contributed by atoms with Crippen LogP contribution in [-0.2, 0) is 11.3 Å². The number of hydrogen-bond donors (Lipinski definition) is 1. The number of ketones is 1. The third-order valence-electron chi connectivity index (χ3n) is 3.49. The average Bonchev–Trinajstić information content (AvgIpc) is 3.26. The average molecular weight is 355 g/mol. The molecule has 0 aliphatic heterocycles. The van der Waals surface area contributed by atoms with Gasteiger partial charge >= 0.3 is 0 Å². The van der Waals surface area contributed by atoms with Crippen LogP contribution >= 0.6 is 11.8 Å². The molecule has 3 aromatic rings. The largest absolute Gasteiger partial charge is 0.467 e. The van der Waals surface area contributed by atoms with Crippen LogP contribution in [0.2, 0.25) is 0 Å². The summed E-state index contributed by atoms with van der Waals surface area (Å²) in [6.07, 6.45) is 5.18. The standard InChI is InChI=1S/C18H17N3O3S/c1-13(22)14-4-6-15(7-5-14)20-17(23)12-25-18-19-8-9-21(18)11-16-3-2-10-24-16/h2-10H,11-12H2,1H3,(H,20,23). The van der Waals surface area contributed by atoms with E-state index in [1.54, 1.807) is 36.7 Å². The minimum absolute atomic E-state index is 0.00294. The summed E-state index contributed by atoms with van der Waals surface area (Å²) in [5, 5.41) is 3.56. The highest BCUT2D eigenvalue weighted by Crippen LogP contribution is 2.18. The lowest BCUT2D eigenvalue weighted by molar-refractivity contribution is -0.113. The SMILES string of the molecule is CC(=O)c1ccc(NC(=O)CSc2nccn2Cc2ccco2)cc1. The van der Waals surface area contributed by atoms with Crippen LogP contribution in [0, 0.1) is 0 Å². The van der Waals surface area contributed by atoms with Crippen molar-refractivity contribution in [3.05, 3.63) is 66.4 Å². The lowest BCUT2D eigenvalue weighted by Crippen LogP contribution is -2.14. The lowest BCUT2D eigenvalue weighted by atomic mass is 10.1. The Balaban J connectivity index is 1.54. The molecule has 0 radical (unpaired) electrons. The molecule has 0 saturated carbocycles. The molecule has 0 atom stereocenters. The number of carbonyl (C=O) groups is 2. The van der Waals surface area contributed by atoms with Gasteiger partial charge < -0.3 is 14.3 Å². The molecular weight excluding hydrogens is 338 g/mol. The van der Waals surface area contributed by atoms with Gasteiger partial charge in [-0.2, -0.15) is 0 Å². The van der Waals surface area contributed by atoms with E-state index in [1.807, 2.05) is 22.9 Å². The molecular formula is C18H17N3O3S. The van der Waals surface area contributed by atoms with Crippen LogP contribution in [0.15, 0.2) is 64.6 Å². The number of aromatic nitrogens is 2. The number of nitrogens with one attached hydrogen (secondary N) is 1. The number of imidazole rings is 1. The van der Waals surface area contributed by atoms with Gasteiger partial charge in [-0.25, -0.2) is 4.98 Å². The number of Topliss-reactive ketones (excluding diaryl/α,β-unsaturated/α-hetero) is 1. The molecule has 7 heteroatoms. The Bertz CT molecular complexity index is 854. The number of rotatable bonds is 7. The smallest absolute Gasteiger partial charge is 0.234 e. The fraction of sp³-hybridized carbons (Fsp3) is 0.167. The zero-order chi connectivity index (χ0) is 17.6. The van der Waals surface area contributed by atoms with Crippen molar-refractivity contribution in [1.82, 2.24) is 9.55 Å². The predicted molar refractivity (Wildman–Crippen MR) is 95.8 cm³/mol. The third-order valence-corrected chi connectivity index (χ3v) is 4.50. The van der Waals surface area contributed by atoms with E-state index in [-0.39, 0.29) is 17.4 Å². The minimum atomic E-state index is -0.131. The number of thioether (sulfide) groups is 1. The van der Waals surface area contributed by atoms with Crippen molar-refractivity contribution in [2.75, 3.05) is 11.1 Å². The van der Waals surface area contributed by atoms with Crippen molar-refractivity contribution < 1.29 is 14.0 Å². The Hall–Kier alpha value is -2.80. The van der Waals surface area contributed by atoms with Crippen molar-refractivity contribution in [1.29, 1.82) is 0 Å². The number of benzene rings is 1. The van der Waals surface area contributed by atoms with E-state index in [1.165, 1.54) is 18.7 Å². The molecule has 1 N–H and O–H groups in total. The van der Waals surface area contributed by atoms with Crippen molar-refractivity contribution in [3.8, 4) is 0 Å². The first-order valence-electron chi connectivity index (χ1n) is 7.69. The Morgan fingerprint density at radius 3 is 2.72 bits per heavy atom. The molecule has 1 amide bonds. The molecule has 0 aliphatic carbocycles. The second kappa shape index (κ2) is 7.85. The van der Waals surface area contributed by atoms with Crippen LogP contribution in [0.5, 0.6) is 0 Å². The van der Waals surface area contributed by atoms with E-state index in [0.29, 0.717) is 17.8 Å². The van der Waals surface area contributed by atoms with Crippen LogP contribution in [0.1, 0.15) is 23.0 Å². The highest BCUT2D eigenvalue weighted by Gasteiger charge is 2.09. The first-order valence-corrected chi connectivity index (χ1v) is 8.67. The molecule has 0 fully saturated rings. The number of carbonyl (C=O) groups excluding carboxylic acids is 2. The maximum absolute atomic E-state index is 12.1. The molecule has 0 saturated heterocycles. The molecule has 128 valence electrons. The van der Waals surface area contributed by atoms with E-state index < -0.39 is 0 Å². The highest BCUT2D eigenvalue weighted by molar-refractivity contribution is 7.99. The Kier molecular flexibility index (Phi) is 5.35. The van der Waals surface area contributed by atoms with E-state index >= 15 is 0 Å². The quantitative estimate of drug-likeness (QED) is 0.519. The van der Waals surface area contributed by atoms with E-state index in [9.17, 15) is 9.59 Å². The summed E-state index contributed by atoms with van der Waals surface area (Å²) in [7, 11) is 0. The number of amides is 1. The highest BCUT2D eigenvalue weighted by atomic mass is 32.2. The number of furan rings is 1. The van der Waals surface area contributed by atoms with Gasteiger partial charge in [0.15, 0.2) is 10.9 Å². The lowest BCUT2D eigenvalue weighted by Gasteiger charge is -2.07. The van der Waals surface area contributed by atoms with Gasteiger partial charge in [-0.3, -0.25) is 9.59 Å². The summed E-state index contributed by atoms with van der Waals surface area (Å²) in [5.41, 5.74) is 1.28. The molecule has 0 aliphatic rings. The molecule has 2 aromatic heterocycles. The van der Waals surface area contributed by atoms with Crippen LogP contribution < -0.4 is 5.32 Å². The summed E-state index contributed by atoms with van der Waals surface area (Å²) >= 11 is 1.35. The van der Waals surface area contributed by atoms with Crippen molar-refractivity contribution in [2.24, 2.45) is 0 Å². The van der Waals surface area contributed by atoms with Gasteiger partial charge in [0, 0.05) is 23.6 Å². The van der Waals surface area contributed by atoms with E-state index in [2.05, 4.69) is 10.3 Å². The summed E-state index contributed by atoms with van der Waals surface area (Å²) in [6, 6.07) is 10.6. The summed E-state index contributed by atoms with van der Waals surface area (Å²) in [5.74, 6) is 0.934. The predicted octanol–water partition coefficient (Wildman–Crippen LogP) is 3.46. The molecule has 0 unspecified atom stereocenters. The fourth-order valence-electron chi connectivity index (χ4n) is 2.24. The molecule has 6 nitrogen and oxygen atoms in total. The number of anilines is 1. The second-order valence-corrected chi connectivity index (χ2v) is 6.33. The molecule has 1 aromatic carbocycles. The summed E-state index contributed by atoms with van der Waals surface area (Å²) < 4.78 is 7.26. The van der Waals surface area contributed by atoms with E-state index in [0.717, 1.165) is 10.9 Å². The summed E-state index contributed by atoms with van der Waals surface area (Å²) in [4.78, 5) is 27.6. The second-order valence-electron chi connectivity index (χ2n) is 5.39. The normalized spacial score (nSPS) is 10.6. The van der Waals surface area contributed by atoms with Crippen LogP contribution in [0.25, 0.3) is 0 Å². The van der Waals surface area contributed by atoms with Crippen molar-refractivity contribution >= 4 is 29.1 Å². The van der Waals surface area contributed by atoms with Gasteiger partial charge in [-0.05, 0) is 43.3 Å². The Morgan fingerprint density at radius 1 is 1.24 bits per heavy atom. The molecule has 3 rings (SSSR count). The minimum Gasteiger partial charge on any atom is -0.467 e. The topological polar surface area (TPSA) is 77.1 Å². The summed E-state index contributed by atoms with van der Waals surface area (Å²) in [6.45, 7) is 2.08. The molecule has 0 bridgehead atoms. The van der Waals surface area contributed by atoms with E-state index in [4.69, 9.17) is 4.42 Å². The van der Waals surface area contributed by atoms with Gasteiger partial charge in [0.1, 0.15) is 5.76 Å². The Labute approximate surface area is 149 Å². The zero-order valence-electron chi connectivity index (χ0n) is 13.6. The maximum Gasteiger partial charge on any atom is 0.234 e. The van der Waals surface area contributed by atoms with Gasteiger partial charge in [0.05, 0.1) is 18.6 Å². The monoisotopic (exact) mass is 355 g/mol. The first-order chi connectivity index (χ1) is 12.1.